The highest BCUT2D eigenvalue weighted by Gasteiger charge is 2.19. The molecule has 0 aliphatic heterocycles. The molecule has 0 heterocycles. The Morgan fingerprint density at radius 2 is 1.70 bits per heavy atom. The highest BCUT2D eigenvalue weighted by atomic mass is 32.2. The van der Waals surface area contributed by atoms with Gasteiger partial charge in [0.2, 0.25) is 0 Å². The third-order valence-electron chi connectivity index (χ3n) is 3.20. The molecule has 2 N–H and O–H groups in total. The molecule has 2 rings (SSSR count). The first kappa shape index (κ1) is 20.5. The van der Waals surface area contributed by atoms with Crippen molar-refractivity contribution in [1.29, 1.82) is 0 Å². The van der Waals surface area contributed by atoms with E-state index >= 15 is 0 Å². The predicted molar refractivity (Wildman–Crippen MR) is 93.3 cm³/mol. The lowest BCUT2D eigenvalue weighted by atomic mass is 10.3. The second kappa shape index (κ2) is 9.21. The molecule has 144 valence electrons. The second-order valence-electron chi connectivity index (χ2n) is 5.32. The van der Waals surface area contributed by atoms with Crippen molar-refractivity contribution in [3.8, 4) is 0 Å². The van der Waals surface area contributed by atoms with Crippen molar-refractivity contribution in [3.63, 3.8) is 0 Å². The van der Waals surface area contributed by atoms with E-state index < -0.39 is 40.4 Å². The van der Waals surface area contributed by atoms with Crippen molar-refractivity contribution in [2.24, 2.45) is 0 Å². The Labute approximate surface area is 155 Å². The number of para-hydroxylation sites is 1. The fourth-order valence-electron chi connectivity index (χ4n) is 1.88. The fraction of sp³-hybridized carbons (Fsp3) is 0.176. The minimum Gasteiger partial charge on any atom is -0.451 e. The van der Waals surface area contributed by atoms with Crippen LogP contribution in [0.15, 0.2) is 59.5 Å². The predicted octanol–water partition coefficient (Wildman–Crippen LogP) is 1.61. The van der Waals surface area contributed by atoms with Crippen molar-refractivity contribution in [1.82, 2.24) is 4.89 Å². The van der Waals surface area contributed by atoms with Crippen molar-refractivity contribution in [2.45, 2.75) is 17.9 Å². The Morgan fingerprint density at radius 3 is 2.33 bits per heavy atom. The third-order valence-corrected chi connectivity index (χ3v) is 4.43. The number of anilines is 1. The smallest absolute Gasteiger partial charge is 0.335 e. The van der Waals surface area contributed by atoms with Gasteiger partial charge in [0.1, 0.15) is 5.82 Å². The molecule has 0 spiro atoms. The van der Waals surface area contributed by atoms with Crippen LogP contribution in [0.1, 0.15) is 6.92 Å². The van der Waals surface area contributed by atoms with Gasteiger partial charge in [-0.15, -0.1) is 0 Å². The molecule has 2 aromatic carbocycles. The summed E-state index contributed by atoms with van der Waals surface area (Å²) in [5, 5.41) is 2.55. The summed E-state index contributed by atoms with van der Waals surface area (Å²) in [7, 11) is -4.08. The van der Waals surface area contributed by atoms with E-state index in [-0.39, 0.29) is 4.90 Å². The number of halogens is 1. The molecular formula is C17H17FN2O6S. The summed E-state index contributed by atoms with van der Waals surface area (Å²) in [5.41, 5.74) is 0.536. The van der Waals surface area contributed by atoms with Crippen LogP contribution < -0.4 is 10.2 Å². The Bertz CT molecular complexity index is 887. The molecule has 8 nitrogen and oxygen atoms in total. The number of ether oxygens (including phenoxy) is 1. The summed E-state index contributed by atoms with van der Waals surface area (Å²) in [5.74, 6) is -2.10. The normalized spacial score (nSPS) is 12.2. The number of hydrogen-bond donors (Lipinski definition) is 2. The maximum atomic E-state index is 12.8. The van der Waals surface area contributed by atoms with Gasteiger partial charge in [-0.2, -0.15) is 0 Å². The lowest BCUT2D eigenvalue weighted by molar-refractivity contribution is -0.158. The van der Waals surface area contributed by atoms with Crippen LogP contribution in [0.25, 0.3) is 0 Å². The molecule has 2 aromatic rings. The van der Waals surface area contributed by atoms with E-state index in [2.05, 4.69) is 10.2 Å². The van der Waals surface area contributed by atoms with E-state index in [1.54, 1.807) is 35.2 Å². The topological polar surface area (TPSA) is 111 Å². The number of amides is 1. The second-order valence-corrected chi connectivity index (χ2v) is 6.96. The first-order chi connectivity index (χ1) is 12.8. The number of nitrogens with one attached hydrogen (secondary N) is 2. The largest absolute Gasteiger partial charge is 0.451 e. The number of sulfonamides is 1. The average molecular weight is 396 g/mol. The molecule has 0 unspecified atom stereocenters. The molecule has 0 aromatic heterocycles. The average Bonchev–Trinajstić information content (AvgIpc) is 2.62. The highest BCUT2D eigenvalue weighted by Crippen LogP contribution is 2.09. The monoisotopic (exact) mass is 396 g/mol. The van der Waals surface area contributed by atoms with Crippen molar-refractivity contribution < 1.29 is 32.0 Å². The van der Waals surface area contributed by atoms with Gasteiger partial charge in [-0.05, 0) is 43.3 Å². The minimum absolute atomic E-state index is 0.243. The van der Waals surface area contributed by atoms with E-state index in [1.807, 2.05) is 0 Å². The quantitative estimate of drug-likeness (QED) is 0.518. The molecule has 0 aliphatic carbocycles. The summed E-state index contributed by atoms with van der Waals surface area (Å²) in [6.07, 6.45) is -1.12. The molecule has 0 bridgehead atoms. The molecule has 0 saturated carbocycles. The van der Waals surface area contributed by atoms with Gasteiger partial charge in [0.05, 0.1) is 4.90 Å². The van der Waals surface area contributed by atoms with Crippen LogP contribution in [-0.2, 0) is 29.2 Å². The molecule has 0 fully saturated rings. The lowest BCUT2D eigenvalue weighted by Gasteiger charge is -2.13. The Hall–Kier alpha value is -2.82. The van der Waals surface area contributed by atoms with E-state index in [1.165, 1.54) is 6.92 Å². The zero-order valence-corrected chi connectivity index (χ0v) is 15.0. The van der Waals surface area contributed by atoms with Crippen LogP contribution in [0.2, 0.25) is 0 Å². The summed E-state index contributed by atoms with van der Waals surface area (Å²) in [4.78, 5) is 29.7. The summed E-state index contributed by atoms with van der Waals surface area (Å²) >= 11 is 0. The minimum atomic E-state index is -4.08. The molecule has 0 radical (unpaired) electrons. The van der Waals surface area contributed by atoms with Crippen LogP contribution in [0.5, 0.6) is 0 Å². The van der Waals surface area contributed by atoms with Crippen LogP contribution in [0.3, 0.4) is 0 Å². The fourth-order valence-corrected chi connectivity index (χ4v) is 2.68. The SMILES string of the molecule is C[C@@H](OC(=O)CONS(=O)(=O)c1ccc(F)cc1)C(=O)Nc1ccccc1. The van der Waals surface area contributed by atoms with Gasteiger partial charge in [-0.1, -0.05) is 23.1 Å². The van der Waals surface area contributed by atoms with Crippen LogP contribution in [-0.4, -0.2) is 33.0 Å². The number of esters is 1. The van der Waals surface area contributed by atoms with Crippen LogP contribution in [0, 0.1) is 5.82 Å². The standard InChI is InChI=1S/C17H17FN2O6S/c1-12(17(22)19-14-5-3-2-4-6-14)26-16(21)11-25-20-27(23,24)15-9-7-13(18)8-10-15/h2-10,12,20H,11H2,1H3,(H,19,22)/t12-/m1/s1. The van der Waals surface area contributed by atoms with Crippen molar-refractivity contribution >= 4 is 27.6 Å². The summed E-state index contributed by atoms with van der Waals surface area (Å²) in [6.45, 7) is 0.599. The van der Waals surface area contributed by atoms with Gasteiger partial charge in [0.25, 0.3) is 15.9 Å². The Kier molecular flexibility index (Phi) is 6.99. The Morgan fingerprint density at radius 1 is 1.07 bits per heavy atom. The number of benzene rings is 2. The van der Waals surface area contributed by atoms with Crippen molar-refractivity contribution in [2.75, 3.05) is 11.9 Å². The first-order valence-corrected chi connectivity index (χ1v) is 9.21. The maximum absolute atomic E-state index is 12.8. The molecule has 1 amide bonds. The van der Waals surface area contributed by atoms with Crippen LogP contribution in [0.4, 0.5) is 10.1 Å². The van der Waals surface area contributed by atoms with Gasteiger partial charge in [-0.25, -0.2) is 17.6 Å². The Balaban J connectivity index is 1.78. The molecule has 27 heavy (non-hydrogen) atoms. The number of rotatable bonds is 8. The van der Waals surface area contributed by atoms with E-state index in [0.717, 1.165) is 24.3 Å². The molecule has 0 saturated heterocycles. The molecular weight excluding hydrogens is 379 g/mol. The van der Waals surface area contributed by atoms with Gasteiger partial charge >= 0.3 is 5.97 Å². The number of hydrogen-bond acceptors (Lipinski definition) is 6. The molecule has 0 aliphatic rings. The van der Waals surface area contributed by atoms with Gasteiger partial charge < -0.3 is 10.1 Å². The summed E-state index contributed by atoms with van der Waals surface area (Å²) in [6, 6.07) is 12.6. The molecule has 10 heteroatoms. The van der Waals surface area contributed by atoms with Crippen LogP contribution >= 0.6 is 0 Å². The van der Waals surface area contributed by atoms with Crippen molar-refractivity contribution in [3.05, 3.63) is 60.4 Å². The number of carbonyl (C=O) groups is 2. The highest BCUT2D eigenvalue weighted by molar-refractivity contribution is 7.89. The van der Waals surface area contributed by atoms with Gasteiger partial charge in [-0.3, -0.25) is 9.63 Å². The maximum Gasteiger partial charge on any atom is 0.335 e. The lowest BCUT2D eigenvalue weighted by Crippen LogP contribution is -2.33. The van der Waals surface area contributed by atoms with E-state index in [4.69, 9.17) is 4.74 Å². The molecule has 1 atom stereocenters. The van der Waals surface area contributed by atoms with E-state index in [9.17, 15) is 22.4 Å². The summed E-state index contributed by atoms with van der Waals surface area (Å²) < 4.78 is 41.4. The zero-order chi connectivity index (χ0) is 19.9. The zero-order valence-electron chi connectivity index (χ0n) is 14.2. The third kappa shape index (κ3) is 6.44. The van der Waals surface area contributed by atoms with E-state index in [0.29, 0.717) is 5.69 Å². The van der Waals surface area contributed by atoms with Gasteiger partial charge in [0.15, 0.2) is 12.7 Å². The first-order valence-electron chi connectivity index (χ1n) is 7.72. The van der Waals surface area contributed by atoms with Gasteiger partial charge in [0, 0.05) is 5.69 Å². The number of carbonyl (C=O) groups excluding carboxylic acids is 2.